The number of terminal acetylenes is 1. The summed E-state index contributed by atoms with van der Waals surface area (Å²) in [4.78, 5) is 0. The van der Waals surface area contributed by atoms with Crippen molar-refractivity contribution in [3.63, 3.8) is 0 Å². The predicted molar refractivity (Wildman–Crippen MR) is 68.0 cm³/mol. The van der Waals surface area contributed by atoms with E-state index in [1.54, 1.807) is 13.8 Å². The molecular weight excluding hydrogens is 244 g/mol. The Kier molecular flexibility index (Phi) is 6.02. The van der Waals surface area contributed by atoms with E-state index in [0.29, 0.717) is 0 Å². The third-order valence-corrected chi connectivity index (χ3v) is 4.50. The van der Waals surface area contributed by atoms with Crippen LogP contribution in [-0.4, -0.2) is 25.9 Å². The Morgan fingerprint density at radius 1 is 1.12 bits per heavy atom. The van der Waals surface area contributed by atoms with Gasteiger partial charge in [0.2, 0.25) is 0 Å². The highest BCUT2D eigenvalue weighted by molar-refractivity contribution is 7.09. The summed E-state index contributed by atoms with van der Waals surface area (Å²) >= 11 is 6.27. The molecule has 0 rings (SSSR count). The summed E-state index contributed by atoms with van der Waals surface area (Å²) in [6, 6.07) is 0. The molecule has 0 aliphatic carbocycles. The van der Waals surface area contributed by atoms with E-state index < -0.39 is 13.7 Å². The van der Waals surface area contributed by atoms with Crippen LogP contribution in [0.15, 0.2) is 0 Å². The van der Waals surface area contributed by atoms with Crippen molar-refractivity contribution in [2.45, 2.75) is 59.4 Å². The van der Waals surface area contributed by atoms with Gasteiger partial charge in [-0.25, -0.2) is 0 Å². The number of hydrogen-bond acceptors (Lipinski definition) is 3. The molecule has 0 spiro atoms. The van der Waals surface area contributed by atoms with Crippen LogP contribution in [0.5, 0.6) is 0 Å². The fourth-order valence-corrected chi connectivity index (χ4v) is 4.57. The van der Waals surface area contributed by atoms with Crippen LogP contribution in [-0.2, 0) is 13.3 Å². The fourth-order valence-electron chi connectivity index (χ4n) is 0.973. The van der Waals surface area contributed by atoms with E-state index >= 15 is 0 Å². The zero-order chi connectivity index (χ0) is 13.0. The van der Waals surface area contributed by atoms with Crippen molar-refractivity contribution >= 4 is 19.2 Å². The van der Waals surface area contributed by atoms with Gasteiger partial charge in [0, 0.05) is 12.2 Å². The van der Waals surface area contributed by atoms with Gasteiger partial charge in [0.15, 0.2) is 0 Å². The summed E-state index contributed by atoms with van der Waals surface area (Å²) in [5.74, 6) is 2.51. The van der Waals surface area contributed by atoms with Crippen molar-refractivity contribution in [1.82, 2.24) is 0 Å². The number of hydrogen-bond donors (Lipinski definition) is 0. The molecule has 0 atom stereocenters. The highest BCUT2D eigenvalue weighted by Crippen LogP contribution is 2.25. The van der Waals surface area contributed by atoms with Crippen LogP contribution in [0.1, 0.15) is 41.5 Å². The average molecular weight is 265 g/mol. The Morgan fingerprint density at radius 2 is 1.50 bits per heavy atom. The molecular formula is C11H21ClO3Si. The number of rotatable bonds is 6. The Labute approximate surface area is 104 Å². The molecule has 0 aliphatic rings. The maximum Gasteiger partial charge on any atom is 0.614 e. The van der Waals surface area contributed by atoms with E-state index in [1.165, 1.54) is 0 Å². The third kappa shape index (κ3) is 6.51. The molecule has 0 amide bonds. The standard InChI is InChI=1S/C11H21ClO3Si/c1-8-11(6,7)15-16(12,13-9(2)3)14-10(4)5/h1,9-10H,2-7H3. The van der Waals surface area contributed by atoms with Crippen molar-refractivity contribution in [3.8, 4) is 12.3 Å². The predicted octanol–water partition coefficient (Wildman–Crippen LogP) is 2.94. The van der Waals surface area contributed by atoms with Gasteiger partial charge in [-0.05, 0) is 41.5 Å². The van der Waals surface area contributed by atoms with Crippen LogP contribution < -0.4 is 0 Å². The first-order valence-electron chi connectivity index (χ1n) is 5.32. The van der Waals surface area contributed by atoms with Crippen LogP contribution in [0, 0.1) is 12.3 Å². The summed E-state index contributed by atoms with van der Waals surface area (Å²) in [7, 11) is -3.20. The molecule has 0 N–H and O–H groups in total. The van der Waals surface area contributed by atoms with Gasteiger partial charge in [-0.15, -0.1) is 6.42 Å². The summed E-state index contributed by atoms with van der Waals surface area (Å²) < 4.78 is 16.7. The molecule has 16 heavy (non-hydrogen) atoms. The van der Waals surface area contributed by atoms with Crippen molar-refractivity contribution in [2.24, 2.45) is 0 Å². The molecule has 0 saturated heterocycles. The third-order valence-electron chi connectivity index (χ3n) is 1.48. The normalized spacial score (nSPS) is 13.2. The van der Waals surface area contributed by atoms with Crippen LogP contribution in [0.25, 0.3) is 0 Å². The lowest BCUT2D eigenvalue weighted by Gasteiger charge is -2.32. The van der Waals surface area contributed by atoms with Gasteiger partial charge >= 0.3 is 8.11 Å². The molecule has 0 radical (unpaired) electrons. The highest BCUT2D eigenvalue weighted by Gasteiger charge is 2.46. The van der Waals surface area contributed by atoms with Gasteiger partial charge in [0.05, 0.1) is 0 Å². The van der Waals surface area contributed by atoms with E-state index in [-0.39, 0.29) is 12.2 Å². The molecule has 3 nitrogen and oxygen atoms in total. The minimum absolute atomic E-state index is 0.0727. The van der Waals surface area contributed by atoms with Crippen LogP contribution in [0.3, 0.4) is 0 Å². The maximum atomic E-state index is 6.27. The molecule has 0 aromatic heterocycles. The minimum Gasteiger partial charge on any atom is -0.359 e. The van der Waals surface area contributed by atoms with E-state index in [9.17, 15) is 0 Å². The Balaban J connectivity index is 4.73. The zero-order valence-corrected chi connectivity index (χ0v) is 12.6. The lowest BCUT2D eigenvalue weighted by Crippen LogP contribution is -2.49. The molecule has 0 fully saturated rings. The molecule has 5 heteroatoms. The average Bonchev–Trinajstić information content (AvgIpc) is 1.98. The first-order chi connectivity index (χ1) is 7.10. The molecule has 0 aromatic carbocycles. The molecule has 0 saturated carbocycles. The second-order valence-corrected chi connectivity index (χ2v) is 7.60. The van der Waals surface area contributed by atoms with Gasteiger partial charge in [-0.1, -0.05) is 17.0 Å². The fraction of sp³-hybridized carbons (Fsp3) is 0.818. The monoisotopic (exact) mass is 264 g/mol. The van der Waals surface area contributed by atoms with Gasteiger partial charge in [0.25, 0.3) is 0 Å². The summed E-state index contributed by atoms with van der Waals surface area (Å²) in [5, 5.41) is 0. The van der Waals surface area contributed by atoms with Crippen LogP contribution in [0.2, 0.25) is 0 Å². The van der Waals surface area contributed by atoms with Gasteiger partial charge < -0.3 is 13.3 Å². The van der Waals surface area contributed by atoms with Crippen molar-refractivity contribution < 1.29 is 13.3 Å². The van der Waals surface area contributed by atoms with Gasteiger partial charge in [-0.3, -0.25) is 0 Å². The molecule has 0 aromatic rings. The molecule has 0 unspecified atom stereocenters. The second kappa shape index (κ2) is 6.04. The van der Waals surface area contributed by atoms with E-state index in [4.69, 9.17) is 30.8 Å². The maximum absolute atomic E-state index is 6.27. The molecule has 0 bridgehead atoms. The number of halogens is 1. The lowest BCUT2D eigenvalue weighted by molar-refractivity contribution is 0.00206. The van der Waals surface area contributed by atoms with Crippen molar-refractivity contribution in [2.75, 3.05) is 0 Å². The van der Waals surface area contributed by atoms with Crippen molar-refractivity contribution in [1.29, 1.82) is 0 Å². The zero-order valence-electron chi connectivity index (χ0n) is 10.8. The van der Waals surface area contributed by atoms with Crippen LogP contribution >= 0.6 is 11.1 Å². The SMILES string of the molecule is C#CC(C)(C)O[Si](Cl)(OC(C)C)OC(C)C. The van der Waals surface area contributed by atoms with Gasteiger partial charge in [0.1, 0.15) is 5.60 Å². The minimum atomic E-state index is -3.20. The Morgan fingerprint density at radius 3 is 1.75 bits per heavy atom. The quantitative estimate of drug-likeness (QED) is 0.419. The van der Waals surface area contributed by atoms with Crippen molar-refractivity contribution in [3.05, 3.63) is 0 Å². The topological polar surface area (TPSA) is 27.7 Å². The van der Waals surface area contributed by atoms with E-state index in [2.05, 4.69) is 5.92 Å². The summed E-state index contributed by atoms with van der Waals surface area (Å²) in [6.45, 7) is 11.0. The Hall–Kier alpha value is -0.0531. The van der Waals surface area contributed by atoms with E-state index in [1.807, 2.05) is 27.7 Å². The first-order valence-corrected chi connectivity index (χ1v) is 8.06. The lowest BCUT2D eigenvalue weighted by atomic mass is 10.2. The summed E-state index contributed by atoms with van der Waals surface area (Å²) in [6.07, 6.45) is 5.21. The molecule has 94 valence electrons. The summed E-state index contributed by atoms with van der Waals surface area (Å²) in [5.41, 5.74) is -0.794. The largest absolute Gasteiger partial charge is 0.614 e. The van der Waals surface area contributed by atoms with Crippen LogP contribution in [0.4, 0.5) is 0 Å². The van der Waals surface area contributed by atoms with E-state index in [0.717, 1.165) is 0 Å². The first kappa shape index (κ1) is 15.9. The molecule has 0 heterocycles. The smallest absolute Gasteiger partial charge is 0.359 e. The molecule has 0 aliphatic heterocycles. The highest BCUT2D eigenvalue weighted by atomic mass is 35.6. The Bertz CT molecular complexity index is 248. The second-order valence-electron chi connectivity index (χ2n) is 4.57. The van der Waals surface area contributed by atoms with Gasteiger partial charge in [-0.2, -0.15) is 0 Å².